The van der Waals surface area contributed by atoms with E-state index in [-0.39, 0.29) is 6.61 Å². The van der Waals surface area contributed by atoms with Crippen LogP contribution >= 0.6 is 0 Å². The minimum absolute atomic E-state index is 0.240. The van der Waals surface area contributed by atoms with Gasteiger partial charge in [-0.05, 0) is 44.0 Å². The summed E-state index contributed by atoms with van der Waals surface area (Å²) in [4.78, 5) is 8.54. The zero-order chi connectivity index (χ0) is 15.4. The van der Waals surface area contributed by atoms with Crippen LogP contribution in [0.25, 0.3) is 0 Å². The minimum atomic E-state index is 0.240. The van der Waals surface area contributed by atoms with Gasteiger partial charge in [-0.1, -0.05) is 0 Å². The molecule has 1 aromatic heterocycles. The van der Waals surface area contributed by atoms with E-state index < -0.39 is 0 Å². The summed E-state index contributed by atoms with van der Waals surface area (Å²) in [5.74, 6) is 7.21. The van der Waals surface area contributed by atoms with Crippen LogP contribution in [0.1, 0.15) is 28.2 Å². The molecule has 6 heteroatoms. The van der Waals surface area contributed by atoms with E-state index in [0.29, 0.717) is 17.2 Å². The third-order valence-electron chi connectivity index (χ3n) is 2.98. The Labute approximate surface area is 123 Å². The molecule has 108 valence electrons. The van der Waals surface area contributed by atoms with Gasteiger partial charge in [0.05, 0.1) is 11.6 Å². The van der Waals surface area contributed by atoms with Crippen molar-refractivity contribution in [2.45, 2.75) is 27.4 Å². The van der Waals surface area contributed by atoms with Crippen molar-refractivity contribution in [3.05, 3.63) is 46.4 Å². The van der Waals surface area contributed by atoms with Crippen LogP contribution in [-0.2, 0) is 6.61 Å². The van der Waals surface area contributed by atoms with Crippen LogP contribution in [-0.4, -0.2) is 9.97 Å². The number of nitrogens with zero attached hydrogens (tertiary/aromatic N) is 3. The highest BCUT2D eigenvalue weighted by Crippen LogP contribution is 2.25. The second-order valence-electron chi connectivity index (χ2n) is 4.79. The van der Waals surface area contributed by atoms with Gasteiger partial charge in [0, 0.05) is 11.8 Å². The lowest BCUT2D eigenvalue weighted by atomic mass is 10.1. The summed E-state index contributed by atoms with van der Waals surface area (Å²) in [6.45, 7) is 5.93. The van der Waals surface area contributed by atoms with E-state index >= 15 is 0 Å². The smallest absolute Gasteiger partial charge is 0.168 e. The Morgan fingerprint density at radius 1 is 1.19 bits per heavy atom. The number of hydrazine groups is 1. The molecule has 0 atom stereocenters. The molecule has 1 aromatic carbocycles. The standard InChI is InChI=1S/C15H17N5O/c1-9-4-12(7-16)5-10(2)15(9)21-8-14-18-11(3)6-13(19-14)20-17/h4-6H,8,17H2,1-3H3,(H,18,19,20). The summed E-state index contributed by atoms with van der Waals surface area (Å²) >= 11 is 0. The summed E-state index contributed by atoms with van der Waals surface area (Å²) in [5, 5.41) is 8.94. The first-order valence-corrected chi connectivity index (χ1v) is 6.49. The second kappa shape index (κ2) is 6.20. The number of nitrogen functional groups attached to an aromatic ring is 1. The summed E-state index contributed by atoms with van der Waals surface area (Å²) in [6, 6.07) is 7.48. The van der Waals surface area contributed by atoms with Gasteiger partial charge in [0.1, 0.15) is 18.2 Å². The Morgan fingerprint density at radius 2 is 1.86 bits per heavy atom. The summed E-state index contributed by atoms with van der Waals surface area (Å²) in [5.41, 5.74) is 5.76. The Balaban J connectivity index is 2.21. The van der Waals surface area contributed by atoms with Gasteiger partial charge >= 0.3 is 0 Å². The third-order valence-corrected chi connectivity index (χ3v) is 2.98. The molecule has 0 fully saturated rings. The predicted molar refractivity (Wildman–Crippen MR) is 79.5 cm³/mol. The number of ether oxygens (including phenoxy) is 1. The van der Waals surface area contributed by atoms with Crippen LogP contribution in [0.5, 0.6) is 5.75 Å². The number of anilines is 1. The summed E-state index contributed by atoms with van der Waals surface area (Å²) in [6.07, 6.45) is 0. The van der Waals surface area contributed by atoms with Crippen LogP contribution in [0.15, 0.2) is 18.2 Å². The van der Waals surface area contributed by atoms with Crippen LogP contribution in [0.2, 0.25) is 0 Å². The number of hydrogen-bond acceptors (Lipinski definition) is 6. The number of aryl methyl sites for hydroxylation is 3. The molecule has 2 aromatic rings. The largest absolute Gasteiger partial charge is 0.485 e. The average molecular weight is 283 g/mol. The molecule has 1 heterocycles. The van der Waals surface area contributed by atoms with E-state index in [9.17, 15) is 0 Å². The normalized spacial score (nSPS) is 10.0. The molecular formula is C15H17N5O. The quantitative estimate of drug-likeness (QED) is 0.659. The average Bonchev–Trinajstić information content (AvgIpc) is 2.45. The van der Waals surface area contributed by atoms with Gasteiger partial charge < -0.3 is 10.2 Å². The van der Waals surface area contributed by atoms with Gasteiger partial charge in [-0.25, -0.2) is 15.8 Å². The maximum Gasteiger partial charge on any atom is 0.168 e. The van der Waals surface area contributed by atoms with Crippen molar-refractivity contribution in [1.29, 1.82) is 5.26 Å². The molecule has 6 nitrogen and oxygen atoms in total. The highest BCUT2D eigenvalue weighted by molar-refractivity contribution is 5.47. The van der Waals surface area contributed by atoms with Gasteiger partial charge in [0.25, 0.3) is 0 Å². The van der Waals surface area contributed by atoms with E-state index in [4.69, 9.17) is 15.8 Å². The number of aromatic nitrogens is 2. The number of hydrogen-bond donors (Lipinski definition) is 2. The molecule has 2 rings (SSSR count). The van der Waals surface area contributed by atoms with Crippen molar-refractivity contribution in [3.8, 4) is 11.8 Å². The van der Waals surface area contributed by atoms with E-state index in [1.54, 1.807) is 18.2 Å². The highest BCUT2D eigenvalue weighted by atomic mass is 16.5. The molecule has 0 aliphatic heterocycles. The lowest BCUT2D eigenvalue weighted by Crippen LogP contribution is -2.12. The number of nitrogens with two attached hydrogens (primary N) is 1. The zero-order valence-corrected chi connectivity index (χ0v) is 12.3. The van der Waals surface area contributed by atoms with Crippen LogP contribution in [0.3, 0.4) is 0 Å². The molecule has 3 N–H and O–H groups in total. The maximum absolute atomic E-state index is 8.94. The summed E-state index contributed by atoms with van der Waals surface area (Å²) in [7, 11) is 0. The van der Waals surface area contributed by atoms with Crippen molar-refractivity contribution in [1.82, 2.24) is 9.97 Å². The lowest BCUT2D eigenvalue weighted by Gasteiger charge is -2.12. The monoisotopic (exact) mass is 283 g/mol. The first-order valence-electron chi connectivity index (χ1n) is 6.49. The SMILES string of the molecule is Cc1cc(NN)nc(COc2c(C)cc(C#N)cc2C)n1. The zero-order valence-electron chi connectivity index (χ0n) is 12.3. The number of nitrogens with one attached hydrogen (secondary N) is 1. The Kier molecular flexibility index (Phi) is 4.36. The molecular weight excluding hydrogens is 266 g/mol. The van der Waals surface area contributed by atoms with E-state index in [2.05, 4.69) is 21.5 Å². The van der Waals surface area contributed by atoms with Crippen LogP contribution in [0, 0.1) is 32.1 Å². The molecule has 0 unspecified atom stereocenters. The van der Waals surface area contributed by atoms with Crippen molar-refractivity contribution in [2.75, 3.05) is 5.43 Å². The molecule has 0 aliphatic carbocycles. The number of benzene rings is 1. The Hall–Kier alpha value is -2.65. The first-order chi connectivity index (χ1) is 10.0. The Bertz CT molecular complexity index is 683. The fraction of sp³-hybridized carbons (Fsp3) is 0.267. The van der Waals surface area contributed by atoms with Crippen molar-refractivity contribution >= 4 is 5.82 Å². The fourth-order valence-corrected chi connectivity index (χ4v) is 2.15. The van der Waals surface area contributed by atoms with E-state index in [1.807, 2.05) is 20.8 Å². The van der Waals surface area contributed by atoms with E-state index in [0.717, 1.165) is 22.6 Å². The van der Waals surface area contributed by atoms with Crippen molar-refractivity contribution in [3.63, 3.8) is 0 Å². The molecule has 0 saturated heterocycles. The number of nitriles is 1. The molecule has 0 bridgehead atoms. The van der Waals surface area contributed by atoms with Gasteiger partial charge in [-0.15, -0.1) is 0 Å². The first kappa shape index (κ1) is 14.8. The molecule has 21 heavy (non-hydrogen) atoms. The van der Waals surface area contributed by atoms with E-state index in [1.165, 1.54) is 0 Å². The van der Waals surface area contributed by atoms with Crippen LogP contribution in [0.4, 0.5) is 5.82 Å². The van der Waals surface area contributed by atoms with Gasteiger partial charge in [-0.3, -0.25) is 0 Å². The topological polar surface area (TPSA) is 96.9 Å². The highest BCUT2D eigenvalue weighted by Gasteiger charge is 2.08. The Morgan fingerprint density at radius 3 is 2.43 bits per heavy atom. The van der Waals surface area contributed by atoms with Crippen molar-refractivity contribution in [2.24, 2.45) is 5.84 Å². The summed E-state index contributed by atoms with van der Waals surface area (Å²) < 4.78 is 5.80. The third kappa shape index (κ3) is 3.46. The maximum atomic E-state index is 8.94. The molecule has 0 radical (unpaired) electrons. The lowest BCUT2D eigenvalue weighted by molar-refractivity contribution is 0.291. The van der Waals surface area contributed by atoms with Gasteiger partial charge in [0.15, 0.2) is 5.82 Å². The molecule has 0 aliphatic rings. The molecule has 0 saturated carbocycles. The molecule has 0 amide bonds. The van der Waals surface area contributed by atoms with Crippen molar-refractivity contribution < 1.29 is 4.74 Å². The fourth-order valence-electron chi connectivity index (χ4n) is 2.15. The minimum Gasteiger partial charge on any atom is -0.485 e. The predicted octanol–water partition coefficient (Wildman–Crippen LogP) is 2.14. The second-order valence-corrected chi connectivity index (χ2v) is 4.79. The molecule has 0 spiro atoms. The van der Waals surface area contributed by atoms with Gasteiger partial charge in [0.2, 0.25) is 0 Å². The number of rotatable bonds is 4. The van der Waals surface area contributed by atoms with Gasteiger partial charge in [-0.2, -0.15) is 5.26 Å². The van der Waals surface area contributed by atoms with Crippen LogP contribution < -0.4 is 16.0 Å².